The smallest absolute Gasteiger partial charge is 0.410 e. The maximum Gasteiger partial charge on any atom is 0.410 e. The first-order valence-electron chi connectivity index (χ1n) is 5.80. The Bertz CT molecular complexity index is 421. The molecule has 0 aromatic carbocycles. The zero-order chi connectivity index (χ0) is 16.0. The summed E-state index contributed by atoms with van der Waals surface area (Å²) in [5.41, 5.74) is -0.709. The number of nitrogens with one attached hydrogen (secondary N) is 1. The second-order valence-electron chi connectivity index (χ2n) is 5.33. The molecule has 0 heterocycles. The molecule has 0 aromatic heterocycles. The van der Waals surface area contributed by atoms with Crippen molar-refractivity contribution >= 4 is 25.2 Å². The number of alkyl carbamates (subject to hydrolysis) is 1. The van der Waals surface area contributed by atoms with Crippen molar-refractivity contribution in [2.75, 3.05) is 26.2 Å². The molecule has 0 rings (SSSR count). The third kappa shape index (κ3) is 9.52. The summed E-state index contributed by atoms with van der Waals surface area (Å²) in [6.45, 7) is 4.99. The van der Waals surface area contributed by atoms with E-state index in [2.05, 4.69) is 14.8 Å². The monoisotopic (exact) mass is 309 g/mol. The van der Waals surface area contributed by atoms with Crippen LogP contribution in [0.4, 0.5) is 4.79 Å². The van der Waals surface area contributed by atoms with Gasteiger partial charge in [-0.1, -0.05) is 0 Å². The van der Waals surface area contributed by atoms with Gasteiger partial charge in [0.15, 0.2) is 5.78 Å². The lowest BCUT2D eigenvalue weighted by Gasteiger charge is -2.16. The summed E-state index contributed by atoms with van der Waals surface area (Å²) in [6.07, 6.45) is -1.48. The molecular weight excluding hydrogens is 289 g/mol. The number of hydrogen-bond acceptors (Lipinski definition) is 6. The average molecular weight is 309 g/mol. The van der Waals surface area contributed by atoms with Gasteiger partial charge in [-0.2, -0.15) is 0 Å². The van der Waals surface area contributed by atoms with Crippen LogP contribution in [0, 0.1) is 5.41 Å². The quantitative estimate of drug-likeness (QED) is 0.421. The number of carbonyl (C=O) groups excluding carboxylic acids is 3. The molecule has 0 aliphatic rings. The van der Waals surface area contributed by atoms with E-state index >= 15 is 0 Å². The van der Waals surface area contributed by atoms with Gasteiger partial charge in [-0.25, -0.2) is 4.79 Å². The van der Waals surface area contributed by atoms with Crippen molar-refractivity contribution < 1.29 is 33.3 Å². The molecule has 0 saturated heterocycles. The molecule has 20 heavy (non-hydrogen) atoms. The number of Topliss-reactive ketones (excluding diaryl/α,β-unsaturated/α-hetero) is 1. The topological polar surface area (TPSA) is 119 Å². The van der Waals surface area contributed by atoms with Crippen LogP contribution in [0.5, 0.6) is 0 Å². The molecule has 9 heteroatoms. The molecule has 1 atom stereocenters. The van der Waals surface area contributed by atoms with E-state index in [1.165, 1.54) is 0 Å². The number of rotatable bonds is 6. The minimum Gasteiger partial charge on any atom is -0.427 e. The molecule has 0 saturated carbocycles. The fourth-order valence-electron chi connectivity index (χ4n) is 0.958. The maximum absolute atomic E-state index is 11.3. The van der Waals surface area contributed by atoms with Crippen molar-refractivity contribution in [2.45, 2.75) is 20.8 Å². The fourth-order valence-corrected chi connectivity index (χ4v) is 1.72. The van der Waals surface area contributed by atoms with Gasteiger partial charge in [0, 0.05) is 6.66 Å². The normalized spacial score (nSPS) is 14.1. The van der Waals surface area contributed by atoms with E-state index in [0.717, 1.165) is 6.66 Å². The van der Waals surface area contributed by atoms with E-state index in [-0.39, 0.29) is 0 Å². The van der Waals surface area contributed by atoms with E-state index in [0.29, 0.717) is 0 Å². The summed E-state index contributed by atoms with van der Waals surface area (Å²) in [6, 6.07) is 0. The molecule has 8 nitrogen and oxygen atoms in total. The van der Waals surface area contributed by atoms with Crippen molar-refractivity contribution in [1.82, 2.24) is 5.32 Å². The highest BCUT2D eigenvalue weighted by Crippen LogP contribution is 2.34. The lowest BCUT2D eigenvalue weighted by Crippen LogP contribution is -2.32. The minimum absolute atomic E-state index is 0.426. The number of amides is 1. The highest BCUT2D eigenvalue weighted by Gasteiger charge is 2.23. The van der Waals surface area contributed by atoms with E-state index in [4.69, 9.17) is 4.89 Å². The molecule has 0 aromatic rings. The summed E-state index contributed by atoms with van der Waals surface area (Å²) >= 11 is 0. The van der Waals surface area contributed by atoms with Gasteiger partial charge in [-0.15, -0.1) is 0 Å². The van der Waals surface area contributed by atoms with Crippen LogP contribution in [0.15, 0.2) is 0 Å². The number of ether oxygens (including phenoxy) is 2. The van der Waals surface area contributed by atoms with Gasteiger partial charge in [0.1, 0.15) is 0 Å². The number of carbonyl (C=O) groups is 3. The Morgan fingerprint density at radius 3 is 2.20 bits per heavy atom. The Labute approximate surface area is 117 Å². The third-order valence-corrected chi connectivity index (χ3v) is 2.83. The van der Waals surface area contributed by atoms with Crippen LogP contribution in [-0.2, 0) is 23.6 Å². The standard InChI is InChI=1S/C11H20NO7P/c1-11(2,3)9(14)18-7-19-10(15)12-5-8(13)6-20(4,16)17/h5-7H2,1-4H3,(H,12,15)(H,16,17). The zero-order valence-corrected chi connectivity index (χ0v) is 12.9. The molecule has 0 fully saturated rings. The Morgan fingerprint density at radius 1 is 1.20 bits per heavy atom. The lowest BCUT2D eigenvalue weighted by atomic mass is 9.98. The van der Waals surface area contributed by atoms with E-state index in [9.17, 15) is 18.9 Å². The van der Waals surface area contributed by atoms with Crippen LogP contribution >= 0.6 is 7.37 Å². The lowest BCUT2D eigenvalue weighted by molar-refractivity contribution is -0.161. The van der Waals surface area contributed by atoms with Gasteiger partial charge in [-0.3, -0.25) is 14.2 Å². The Balaban J connectivity index is 3.89. The molecule has 0 aliphatic heterocycles. The predicted octanol–water partition coefficient (Wildman–Crippen LogP) is 0.729. The molecule has 116 valence electrons. The summed E-state index contributed by atoms with van der Waals surface area (Å²) < 4.78 is 20.1. The third-order valence-electron chi connectivity index (χ3n) is 1.89. The fraction of sp³-hybridized carbons (Fsp3) is 0.727. The first kappa shape index (κ1) is 18.6. The van der Waals surface area contributed by atoms with Crippen LogP contribution in [0.1, 0.15) is 20.8 Å². The van der Waals surface area contributed by atoms with E-state index in [1.54, 1.807) is 20.8 Å². The maximum atomic E-state index is 11.3. The van der Waals surface area contributed by atoms with Crippen LogP contribution in [-0.4, -0.2) is 48.9 Å². The summed E-state index contributed by atoms with van der Waals surface area (Å²) in [5, 5.41) is 2.08. The molecule has 0 radical (unpaired) electrons. The van der Waals surface area contributed by atoms with E-state index < -0.39 is 50.1 Å². The number of esters is 1. The molecule has 0 aliphatic carbocycles. The average Bonchev–Trinajstić information content (AvgIpc) is 2.22. The van der Waals surface area contributed by atoms with Crippen molar-refractivity contribution in [3.63, 3.8) is 0 Å². The van der Waals surface area contributed by atoms with Crippen molar-refractivity contribution in [3.05, 3.63) is 0 Å². The predicted molar refractivity (Wildman–Crippen MR) is 70.5 cm³/mol. The molecule has 0 bridgehead atoms. The minimum atomic E-state index is -3.45. The van der Waals surface area contributed by atoms with Crippen LogP contribution < -0.4 is 5.32 Å². The van der Waals surface area contributed by atoms with Crippen molar-refractivity contribution in [3.8, 4) is 0 Å². The van der Waals surface area contributed by atoms with Crippen molar-refractivity contribution in [2.24, 2.45) is 5.41 Å². The largest absolute Gasteiger partial charge is 0.427 e. The Kier molecular flexibility index (Phi) is 6.88. The van der Waals surface area contributed by atoms with Gasteiger partial charge in [0.2, 0.25) is 14.2 Å². The first-order valence-corrected chi connectivity index (χ1v) is 8.10. The van der Waals surface area contributed by atoms with Gasteiger partial charge < -0.3 is 19.7 Å². The van der Waals surface area contributed by atoms with Crippen LogP contribution in [0.2, 0.25) is 0 Å². The molecular formula is C11H20NO7P. The summed E-state index contributed by atoms with van der Waals surface area (Å²) in [5.74, 6) is -1.13. The highest BCUT2D eigenvalue weighted by molar-refractivity contribution is 7.58. The number of hydrogen-bond donors (Lipinski definition) is 2. The molecule has 2 N–H and O–H groups in total. The SMILES string of the molecule is CC(C)(C)C(=O)OCOC(=O)NCC(=O)CP(C)(=O)O. The molecule has 1 unspecified atom stereocenters. The first-order chi connectivity index (χ1) is 8.92. The summed E-state index contributed by atoms with van der Waals surface area (Å²) in [4.78, 5) is 42.6. The zero-order valence-electron chi connectivity index (χ0n) is 12.0. The van der Waals surface area contributed by atoms with Gasteiger partial charge >= 0.3 is 12.1 Å². The Morgan fingerprint density at radius 2 is 1.75 bits per heavy atom. The van der Waals surface area contributed by atoms with Crippen LogP contribution in [0.25, 0.3) is 0 Å². The van der Waals surface area contributed by atoms with Crippen molar-refractivity contribution in [1.29, 1.82) is 0 Å². The summed E-state index contributed by atoms with van der Waals surface area (Å²) in [7, 11) is -3.45. The number of ketones is 1. The van der Waals surface area contributed by atoms with Gasteiger partial charge in [0.05, 0.1) is 18.1 Å². The molecule has 0 spiro atoms. The van der Waals surface area contributed by atoms with Gasteiger partial charge in [0.25, 0.3) is 0 Å². The van der Waals surface area contributed by atoms with Crippen LogP contribution in [0.3, 0.4) is 0 Å². The highest BCUT2D eigenvalue weighted by atomic mass is 31.2. The molecule has 1 amide bonds. The Hall–Kier alpha value is -1.40. The second kappa shape index (κ2) is 7.40. The van der Waals surface area contributed by atoms with Gasteiger partial charge in [-0.05, 0) is 20.8 Å². The second-order valence-corrected chi connectivity index (χ2v) is 7.75. The van der Waals surface area contributed by atoms with E-state index in [1.807, 2.05) is 0 Å².